The highest BCUT2D eigenvalue weighted by Gasteiger charge is 2.17. The van der Waals surface area contributed by atoms with Gasteiger partial charge in [0.2, 0.25) is 0 Å². The highest BCUT2D eigenvalue weighted by Crippen LogP contribution is 2.13. The first-order valence-electron chi connectivity index (χ1n) is 4.88. The second kappa shape index (κ2) is 3.90. The molecule has 70 valence electrons. The van der Waals surface area contributed by atoms with Crippen molar-refractivity contribution < 1.29 is 0 Å². The van der Waals surface area contributed by atoms with Crippen molar-refractivity contribution in [3.8, 4) is 0 Å². The van der Waals surface area contributed by atoms with Gasteiger partial charge < -0.3 is 10.6 Å². The lowest BCUT2D eigenvalue weighted by atomic mass is 10.0. The number of hydrogen-bond acceptors (Lipinski definition) is 2. The highest BCUT2D eigenvalue weighted by atomic mass is 15.1. The van der Waals surface area contributed by atoms with Gasteiger partial charge in [0.1, 0.15) is 0 Å². The highest BCUT2D eigenvalue weighted by molar-refractivity contribution is 5.19. The van der Waals surface area contributed by atoms with Crippen molar-refractivity contribution in [2.45, 2.75) is 19.0 Å². The summed E-state index contributed by atoms with van der Waals surface area (Å²) >= 11 is 0. The number of rotatable bonds is 1. The first kappa shape index (κ1) is 8.73. The number of nitrogens with one attached hydrogen (secondary N) is 2. The average Bonchev–Trinajstić information content (AvgIpc) is 2.20. The van der Waals surface area contributed by atoms with Crippen LogP contribution in [0.5, 0.6) is 0 Å². The third-order valence-corrected chi connectivity index (χ3v) is 2.54. The lowest BCUT2D eigenvalue weighted by molar-refractivity contribution is 0.366. The molecule has 1 aliphatic rings. The molecule has 2 N–H and O–H groups in total. The molecular formula is C11H16N2. The van der Waals surface area contributed by atoms with Crippen LogP contribution in [-0.4, -0.2) is 19.1 Å². The molecule has 0 aliphatic carbocycles. The fraction of sp³-hybridized carbons (Fsp3) is 0.455. The van der Waals surface area contributed by atoms with Crippen LogP contribution in [-0.2, 0) is 0 Å². The zero-order valence-electron chi connectivity index (χ0n) is 7.96. The zero-order chi connectivity index (χ0) is 9.10. The Morgan fingerprint density at radius 2 is 1.85 bits per heavy atom. The standard InChI is InChI=1S/C11H16N2/c1-9-7-13-11(8-12-9)10-5-3-2-4-6-10/h2-6,9,11-13H,7-8H2,1H3/t9-,11-/m0/s1. The molecule has 1 aliphatic heterocycles. The monoisotopic (exact) mass is 176 g/mol. The summed E-state index contributed by atoms with van der Waals surface area (Å²) in [6.07, 6.45) is 0. The fourth-order valence-corrected chi connectivity index (χ4v) is 1.70. The van der Waals surface area contributed by atoms with Gasteiger partial charge in [0.05, 0.1) is 0 Å². The predicted octanol–water partition coefficient (Wildman–Crippen LogP) is 1.31. The Balaban J connectivity index is 2.03. The van der Waals surface area contributed by atoms with Crippen molar-refractivity contribution in [2.24, 2.45) is 0 Å². The van der Waals surface area contributed by atoms with Gasteiger partial charge in [-0.1, -0.05) is 30.3 Å². The Hall–Kier alpha value is -0.860. The van der Waals surface area contributed by atoms with Crippen LogP contribution in [0.3, 0.4) is 0 Å². The molecule has 2 atom stereocenters. The summed E-state index contributed by atoms with van der Waals surface area (Å²) in [6.45, 7) is 4.29. The maximum Gasteiger partial charge on any atom is 0.0447 e. The molecule has 1 heterocycles. The third-order valence-electron chi connectivity index (χ3n) is 2.54. The maximum absolute atomic E-state index is 3.52. The van der Waals surface area contributed by atoms with E-state index in [0.29, 0.717) is 12.1 Å². The van der Waals surface area contributed by atoms with Gasteiger partial charge in [-0.25, -0.2) is 0 Å². The molecular weight excluding hydrogens is 160 g/mol. The number of piperazine rings is 1. The van der Waals surface area contributed by atoms with E-state index in [-0.39, 0.29) is 0 Å². The van der Waals surface area contributed by atoms with Crippen molar-refractivity contribution >= 4 is 0 Å². The minimum Gasteiger partial charge on any atom is -0.311 e. The van der Waals surface area contributed by atoms with Gasteiger partial charge >= 0.3 is 0 Å². The van der Waals surface area contributed by atoms with Crippen molar-refractivity contribution in [3.63, 3.8) is 0 Å². The summed E-state index contributed by atoms with van der Waals surface area (Å²) in [7, 11) is 0. The Bertz CT molecular complexity index is 250. The topological polar surface area (TPSA) is 24.1 Å². The van der Waals surface area contributed by atoms with Gasteiger partial charge in [-0.15, -0.1) is 0 Å². The van der Waals surface area contributed by atoms with Crippen LogP contribution in [0.2, 0.25) is 0 Å². The molecule has 2 nitrogen and oxygen atoms in total. The van der Waals surface area contributed by atoms with Crippen LogP contribution in [0.25, 0.3) is 0 Å². The van der Waals surface area contributed by atoms with E-state index in [0.717, 1.165) is 13.1 Å². The van der Waals surface area contributed by atoms with Crippen molar-refractivity contribution in [3.05, 3.63) is 35.9 Å². The first-order chi connectivity index (χ1) is 6.36. The molecule has 0 bridgehead atoms. The van der Waals surface area contributed by atoms with Crippen molar-refractivity contribution in [1.29, 1.82) is 0 Å². The van der Waals surface area contributed by atoms with E-state index in [1.54, 1.807) is 0 Å². The second-order valence-corrected chi connectivity index (χ2v) is 3.68. The van der Waals surface area contributed by atoms with Crippen LogP contribution < -0.4 is 10.6 Å². The van der Waals surface area contributed by atoms with Gasteiger partial charge in [0, 0.05) is 25.2 Å². The quantitative estimate of drug-likeness (QED) is 0.674. The number of benzene rings is 1. The number of hydrogen-bond donors (Lipinski definition) is 2. The second-order valence-electron chi connectivity index (χ2n) is 3.68. The Morgan fingerprint density at radius 3 is 2.46 bits per heavy atom. The lowest BCUT2D eigenvalue weighted by Crippen LogP contribution is -2.48. The van der Waals surface area contributed by atoms with E-state index in [1.165, 1.54) is 5.56 Å². The predicted molar refractivity (Wildman–Crippen MR) is 54.7 cm³/mol. The molecule has 0 amide bonds. The molecule has 2 heteroatoms. The normalized spacial score (nSPS) is 28.7. The minimum absolute atomic E-state index is 0.484. The molecule has 1 saturated heterocycles. The van der Waals surface area contributed by atoms with E-state index in [9.17, 15) is 0 Å². The summed E-state index contributed by atoms with van der Waals surface area (Å²) < 4.78 is 0. The zero-order valence-corrected chi connectivity index (χ0v) is 7.96. The van der Waals surface area contributed by atoms with Gasteiger partial charge in [0.15, 0.2) is 0 Å². The Morgan fingerprint density at radius 1 is 1.08 bits per heavy atom. The average molecular weight is 176 g/mol. The maximum atomic E-state index is 3.52. The summed E-state index contributed by atoms with van der Waals surface area (Å²) in [6, 6.07) is 11.7. The minimum atomic E-state index is 0.484. The van der Waals surface area contributed by atoms with Crippen molar-refractivity contribution in [2.75, 3.05) is 13.1 Å². The third kappa shape index (κ3) is 2.08. The van der Waals surface area contributed by atoms with Gasteiger partial charge in [-0.2, -0.15) is 0 Å². The van der Waals surface area contributed by atoms with Crippen LogP contribution in [0.1, 0.15) is 18.5 Å². The molecule has 13 heavy (non-hydrogen) atoms. The summed E-state index contributed by atoms with van der Waals surface area (Å²) in [5, 5.41) is 6.99. The van der Waals surface area contributed by atoms with E-state index in [4.69, 9.17) is 0 Å². The molecule has 0 unspecified atom stereocenters. The first-order valence-corrected chi connectivity index (χ1v) is 4.88. The molecule has 0 saturated carbocycles. The lowest BCUT2D eigenvalue weighted by Gasteiger charge is -2.29. The van der Waals surface area contributed by atoms with E-state index >= 15 is 0 Å². The van der Waals surface area contributed by atoms with Crippen LogP contribution >= 0.6 is 0 Å². The smallest absolute Gasteiger partial charge is 0.0447 e. The van der Waals surface area contributed by atoms with Gasteiger partial charge in [0.25, 0.3) is 0 Å². The molecule has 0 aromatic heterocycles. The van der Waals surface area contributed by atoms with Crippen LogP contribution in [0.15, 0.2) is 30.3 Å². The molecule has 0 spiro atoms. The molecule has 1 fully saturated rings. The summed E-state index contributed by atoms with van der Waals surface area (Å²) in [5.74, 6) is 0. The van der Waals surface area contributed by atoms with E-state index in [1.807, 2.05) is 0 Å². The molecule has 0 radical (unpaired) electrons. The Labute approximate surface area is 79.4 Å². The van der Waals surface area contributed by atoms with E-state index < -0.39 is 0 Å². The molecule has 1 aromatic carbocycles. The largest absolute Gasteiger partial charge is 0.311 e. The summed E-state index contributed by atoms with van der Waals surface area (Å²) in [4.78, 5) is 0. The fourth-order valence-electron chi connectivity index (χ4n) is 1.70. The SMILES string of the molecule is C[C@H]1CN[C@H](c2ccccc2)CN1. The van der Waals surface area contributed by atoms with Crippen LogP contribution in [0.4, 0.5) is 0 Å². The Kier molecular flexibility index (Phi) is 2.62. The van der Waals surface area contributed by atoms with Gasteiger partial charge in [-0.3, -0.25) is 0 Å². The van der Waals surface area contributed by atoms with Crippen molar-refractivity contribution in [1.82, 2.24) is 10.6 Å². The molecule has 1 aromatic rings. The van der Waals surface area contributed by atoms with Crippen LogP contribution in [0, 0.1) is 0 Å². The summed E-state index contributed by atoms with van der Waals surface area (Å²) in [5.41, 5.74) is 1.38. The molecule has 2 rings (SSSR count). The van der Waals surface area contributed by atoms with E-state index in [2.05, 4.69) is 47.9 Å². The van der Waals surface area contributed by atoms with Gasteiger partial charge in [-0.05, 0) is 12.5 Å².